The van der Waals surface area contributed by atoms with Gasteiger partial charge in [0, 0.05) is 6.54 Å². The molecule has 0 spiro atoms. The molecule has 1 amide bonds. The van der Waals surface area contributed by atoms with Crippen LogP contribution in [0.5, 0.6) is 0 Å². The standard InChI is InChI=1S/C25H20F3N3O3/c26-25(27,28)19-11-5-6-12-20(19)29-22(32)16-31-21-13-7-4-10-18(21)23(33)30(24(31)34)15-14-17-8-2-1-3-9-17/h1-13H,14-16H2,(H,29,32). The van der Waals surface area contributed by atoms with Crippen LogP contribution in [0.1, 0.15) is 11.1 Å². The minimum absolute atomic E-state index is 0.0883. The van der Waals surface area contributed by atoms with E-state index in [1.165, 1.54) is 18.2 Å². The number of amides is 1. The molecule has 0 radical (unpaired) electrons. The van der Waals surface area contributed by atoms with Crippen molar-refractivity contribution in [1.82, 2.24) is 9.13 Å². The van der Waals surface area contributed by atoms with Crippen molar-refractivity contribution in [1.29, 1.82) is 0 Å². The van der Waals surface area contributed by atoms with E-state index in [9.17, 15) is 27.6 Å². The number of para-hydroxylation sites is 2. The third-order valence-electron chi connectivity index (χ3n) is 5.41. The Morgan fingerprint density at radius 3 is 2.21 bits per heavy atom. The summed E-state index contributed by atoms with van der Waals surface area (Å²) in [6, 6.07) is 20.2. The molecule has 0 saturated heterocycles. The highest BCUT2D eigenvalue weighted by atomic mass is 19.4. The van der Waals surface area contributed by atoms with E-state index in [1.54, 1.807) is 18.2 Å². The minimum atomic E-state index is -4.65. The molecule has 0 fully saturated rings. The number of hydrogen-bond donors (Lipinski definition) is 1. The fraction of sp³-hybridized carbons (Fsp3) is 0.160. The predicted molar refractivity (Wildman–Crippen MR) is 123 cm³/mol. The van der Waals surface area contributed by atoms with E-state index >= 15 is 0 Å². The molecule has 0 saturated carbocycles. The first-order chi connectivity index (χ1) is 16.3. The van der Waals surface area contributed by atoms with Crippen molar-refractivity contribution in [2.45, 2.75) is 25.7 Å². The van der Waals surface area contributed by atoms with Crippen molar-refractivity contribution in [3.63, 3.8) is 0 Å². The van der Waals surface area contributed by atoms with Crippen LogP contribution in [0.4, 0.5) is 18.9 Å². The Hall–Kier alpha value is -4.14. The minimum Gasteiger partial charge on any atom is -0.324 e. The number of anilines is 1. The number of rotatable bonds is 6. The lowest BCUT2D eigenvalue weighted by Gasteiger charge is -2.16. The van der Waals surface area contributed by atoms with Crippen LogP contribution >= 0.6 is 0 Å². The lowest BCUT2D eigenvalue weighted by Crippen LogP contribution is -2.42. The van der Waals surface area contributed by atoms with Gasteiger partial charge in [-0.3, -0.25) is 18.7 Å². The number of fused-ring (bicyclic) bond motifs is 1. The van der Waals surface area contributed by atoms with Crippen molar-refractivity contribution < 1.29 is 18.0 Å². The van der Waals surface area contributed by atoms with Gasteiger partial charge in [-0.15, -0.1) is 0 Å². The van der Waals surface area contributed by atoms with E-state index in [2.05, 4.69) is 5.32 Å². The molecule has 9 heteroatoms. The fourth-order valence-electron chi connectivity index (χ4n) is 3.78. The van der Waals surface area contributed by atoms with Gasteiger partial charge in [0.25, 0.3) is 5.56 Å². The second kappa shape index (κ2) is 9.38. The lowest BCUT2D eigenvalue weighted by molar-refractivity contribution is -0.137. The zero-order valence-corrected chi connectivity index (χ0v) is 17.9. The Bertz CT molecular complexity index is 1460. The topological polar surface area (TPSA) is 73.1 Å². The van der Waals surface area contributed by atoms with Crippen molar-refractivity contribution >= 4 is 22.5 Å². The van der Waals surface area contributed by atoms with Crippen LogP contribution in [0.15, 0.2) is 88.5 Å². The smallest absolute Gasteiger partial charge is 0.324 e. The van der Waals surface area contributed by atoms with E-state index < -0.39 is 41.1 Å². The molecule has 0 bridgehead atoms. The second-order valence-corrected chi connectivity index (χ2v) is 7.67. The first-order valence-corrected chi connectivity index (χ1v) is 10.5. The van der Waals surface area contributed by atoms with Crippen molar-refractivity contribution in [3.8, 4) is 0 Å². The number of nitrogens with one attached hydrogen (secondary N) is 1. The van der Waals surface area contributed by atoms with E-state index in [-0.39, 0.29) is 17.4 Å². The molecule has 0 atom stereocenters. The Kier molecular flexibility index (Phi) is 6.36. The Morgan fingerprint density at radius 1 is 0.824 bits per heavy atom. The summed E-state index contributed by atoms with van der Waals surface area (Å²) in [5, 5.41) is 2.48. The Morgan fingerprint density at radius 2 is 1.47 bits per heavy atom. The summed E-state index contributed by atoms with van der Waals surface area (Å²) >= 11 is 0. The van der Waals surface area contributed by atoms with Crippen LogP contribution in [-0.4, -0.2) is 15.0 Å². The third-order valence-corrected chi connectivity index (χ3v) is 5.41. The average molecular weight is 467 g/mol. The molecule has 174 valence electrons. The van der Waals surface area contributed by atoms with Crippen LogP contribution in [0, 0.1) is 0 Å². The molecule has 4 rings (SSSR count). The van der Waals surface area contributed by atoms with Gasteiger partial charge in [0.1, 0.15) is 6.54 Å². The molecular formula is C25H20F3N3O3. The number of halogens is 3. The summed E-state index contributed by atoms with van der Waals surface area (Å²) in [4.78, 5) is 38.9. The molecule has 1 heterocycles. The van der Waals surface area contributed by atoms with Crippen molar-refractivity contribution in [3.05, 3.63) is 111 Å². The molecule has 1 N–H and O–H groups in total. The van der Waals surface area contributed by atoms with Gasteiger partial charge >= 0.3 is 11.9 Å². The van der Waals surface area contributed by atoms with E-state index in [4.69, 9.17) is 0 Å². The van der Waals surface area contributed by atoms with Gasteiger partial charge in [0.2, 0.25) is 5.91 Å². The number of carbonyl (C=O) groups is 1. The quantitative estimate of drug-likeness (QED) is 0.465. The molecule has 0 unspecified atom stereocenters. The zero-order valence-electron chi connectivity index (χ0n) is 17.9. The molecule has 0 aliphatic rings. The summed E-state index contributed by atoms with van der Waals surface area (Å²) in [7, 11) is 0. The summed E-state index contributed by atoms with van der Waals surface area (Å²) in [5.41, 5.74) is -1.44. The van der Waals surface area contributed by atoms with E-state index in [1.807, 2.05) is 30.3 Å². The Balaban J connectivity index is 1.69. The SMILES string of the molecule is O=C(Cn1c(=O)n(CCc2ccccc2)c(=O)c2ccccc21)Nc1ccccc1C(F)(F)F. The number of hydrogen-bond acceptors (Lipinski definition) is 3. The van der Waals surface area contributed by atoms with Gasteiger partial charge in [-0.2, -0.15) is 13.2 Å². The largest absolute Gasteiger partial charge is 0.418 e. The number of aromatic nitrogens is 2. The lowest BCUT2D eigenvalue weighted by atomic mass is 10.1. The summed E-state index contributed by atoms with van der Waals surface area (Å²) < 4.78 is 42.0. The molecule has 0 aliphatic carbocycles. The number of nitrogens with zero attached hydrogens (tertiary/aromatic N) is 2. The van der Waals surface area contributed by atoms with Gasteiger partial charge in [0.15, 0.2) is 0 Å². The third kappa shape index (κ3) is 4.78. The zero-order chi connectivity index (χ0) is 24.3. The number of carbonyl (C=O) groups excluding carboxylic acids is 1. The first-order valence-electron chi connectivity index (χ1n) is 10.5. The van der Waals surface area contributed by atoms with Crippen LogP contribution in [0.2, 0.25) is 0 Å². The maximum Gasteiger partial charge on any atom is 0.418 e. The van der Waals surface area contributed by atoms with Gasteiger partial charge in [0.05, 0.1) is 22.2 Å². The highest BCUT2D eigenvalue weighted by molar-refractivity contribution is 5.92. The van der Waals surface area contributed by atoms with Gasteiger partial charge in [-0.05, 0) is 36.2 Å². The highest BCUT2D eigenvalue weighted by Crippen LogP contribution is 2.34. The fourth-order valence-corrected chi connectivity index (χ4v) is 3.78. The van der Waals surface area contributed by atoms with Gasteiger partial charge in [-0.1, -0.05) is 54.6 Å². The predicted octanol–water partition coefficient (Wildman–Crippen LogP) is 4.06. The van der Waals surface area contributed by atoms with Crippen LogP contribution < -0.4 is 16.6 Å². The van der Waals surface area contributed by atoms with E-state index in [0.717, 1.165) is 26.8 Å². The first kappa shape index (κ1) is 23.0. The Labute approximate surface area is 191 Å². The molecule has 1 aromatic heterocycles. The molecule has 3 aromatic carbocycles. The molecule has 4 aromatic rings. The monoisotopic (exact) mass is 467 g/mol. The van der Waals surface area contributed by atoms with Crippen LogP contribution in [0.3, 0.4) is 0 Å². The number of aryl methyl sites for hydroxylation is 1. The highest BCUT2D eigenvalue weighted by Gasteiger charge is 2.33. The summed E-state index contributed by atoms with van der Waals surface area (Å²) in [5.74, 6) is -0.822. The normalized spacial score (nSPS) is 11.5. The summed E-state index contributed by atoms with van der Waals surface area (Å²) in [6.45, 7) is -0.470. The number of benzene rings is 3. The number of alkyl halides is 3. The maximum atomic E-state index is 13.3. The van der Waals surface area contributed by atoms with Crippen molar-refractivity contribution in [2.75, 3.05) is 5.32 Å². The maximum absolute atomic E-state index is 13.3. The van der Waals surface area contributed by atoms with Gasteiger partial charge < -0.3 is 5.32 Å². The van der Waals surface area contributed by atoms with Gasteiger partial charge in [-0.25, -0.2) is 4.79 Å². The molecule has 0 aliphatic heterocycles. The van der Waals surface area contributed by atoms with Crippen LogP contribution in [0.25, 0.3) is 10.9 Å². The summed E-state index contributed by atoms with van der Waals surface area (Å²) in [6.07, 6.45) is -4.24. The molecule has 34 heavy (non-hydrogen) atoms. The van der Waals surface area contributed by atoms with Crippen molar-refractivity contribution in [2.24, 2.45) is 0 Å². The average Bonchev–Trinajstić information content (AvgIpc) is 2.82. The molecular weight excluding hydrogens is 447 g/mol. The van der Waals surface area contributed by atoms with E-state index in [0.29, 0.717) is 6.42 Å². The molecule has 6 nitrogen and oxygen atoms in total. The second-order valence-electron chi connectivity index (χ2n) is 7.67. The van der Waals surface area contributed by atoms with Crippen LogP contribution in [-0.2, 0) is 30.5 Å².